The van der Waals surface area contributed by atoms with E-state index in [-0.39, 0.29) is 6.79 Å². The molecule has 0 aromatic carbocycles. The van der Waals surface area contributed by atoms with Gasteiger partial charge in [0.25, 0.3) is 0 Å². The van der Waals surface area contributed by atoms with E-state index < -0.39 is 0 Å². The number of allylic oxidation sites excluding steroid dienone is 1. The van der Waals surface area contributed by atoms with E-state index in [0.29, 0.717) is 12.6 Å². The summed E-state index contributed by atoms with van der Waals surface area (Å²) >= 11 is 0. The number of hydrogen-bond acceptors (Lipinski definition) is 4. The lowest BCUT2D eigenvalue weighted by atomic mass is 10.1. The predicted molar refractivity (Wildman–Crippen MR) is 150 cm³/mol. The SMILES string of the molecule is CCCCCCCCCOC(CCCCCCCCC)=C(OCCCCCCCCC)OCOC. The molecule has 210 valence electrons. The van der Waals surface area contributed by atoms with Gasteiger partial charge in [0, 0.05) is 13.5 Å². The number of hydrogen-bond donors (Lipinski definition) is 0. The Hall–Kier alpha value is -0.900. The predicted octanol–water partition coefficient (Wildman–Crippen LogP) is 10.5. The molecular formula is C31H62O4. The molecule has 0 aliphatic heterocycles. The van der Waals surface area contributed by atoms with Crippen LogP contribution in [-0.4, -0.2) is 27.1 Å². The molecule has 0 amide bonds. The molecule has 0 fully saturated rings. The highest BCUT2D eigenvalue weighted by Crippen LogP contribution is 2.20. The minimum atomic E-state index is 0.202. The fourth-order valence-electron chi connectivity index (χ4n) is 4.27. The number of methoxy groups -OCH3 is 1. The average molecular weight is 499 g/mol. The zero-order valence-corrected chi connectivity index (χ0v) is 24.3. The van der Waals surface area contributed by atoms with Crippen LogP contribution >= 0.6 is 0 Å². The molecule has 4 nitrogen and oxygen atoms in total. The van der Waals surface area contributed by atoms with Crippen LogP contribution in [0.4, 0.5) is 0 Å². The Morgan fingerprint density at radius 3 is 1.29 bits per heavy atom. The smallest absolute Gasteiger partial charge is 0.321 e. The van der Waals surface area contributed by atoms with Crippen molar-refractivity contribution in [2.24, 2.45) is 0 Å². The first kappa shape index (κ1) is 34.1. The van der Waals surface area contributed by atoms with Crippen LogP contribution in [0.5, 0.6) is 0 Å². The lowest BCUT2D eigenvalue weighted by Gasteiger charge is -2.17. The maximum absolute atomic E-state index is 6.27. The second kappa shape index (κ2) is 29.3. The van der Waals surface area contributed by atoms with E-state index in [4.69, 9.17) is 18.9 Å². The van der Waals surface area contributed by atoms with Gasteiger partial charge in [-0.15, -0.1) is 0 Å². The molecule has 0 atom stereocenters. The highest BCUT2D eigenvalue weighted by Gasteiger charge is 2.13. The normalized spacial score (nSPS) is 12.0. The number of ether oxygens (including phenoxy) is 4. The third-order valence-electron chi connectivity index (χ3n) is 6.55. The molecule has 0 saturated heterocycles. The lowest BCUT2D eigenvalue weighted by molar-refractivity contribution is -0.0692. The van der Waals surface area contributed by atoms with Crippen molar-refractivity contribution in [3.05, 3.63) is 11.7 Å². The summed E-state index contributed by atoms with van der Waals surface area (Å²) in [5, 5.41) is 0. The zero-order valence-electron chi connectivity index (χ0n) is 24.3. The van der Waals surface area contributed by atoms with Gasteiger partial charge in [-0.2, -0.15) is 0 Å². The van der Waals surface area contributed by atoms with Crippen LogP contribution in [0, 0.1) is 0 Å². The molecule has 0 unspecified atom stereocenters. The first-order valence-corrected chi connectivity index (χ1v) is 15.4. The minimum absolute atomic E-state index is 0.202. The molecule has 0 saturated carbocycles. The molecule has 0 N–H and O–H groups in total. The van der Waals surface area contributed by atoms with Crippen molar-refractivity contribution >= 4 is 0 Å². The zero-order chi connectivity index (χ0) is 25.7. The van der Waals surface area contributed by atoms with Crippen LogP contribution < -0.4 is 0 Å². The van der Waals surface area contributed by atoms with Crippen LogP contribution in [0.25, 0.3) is 0 Å². The topological polar surface area (TPSA) is 36.9 Å². The lowest BCUT2D eigenvalue weighted by Crippen LogP contribution is -2.09. The Labute approximate surface area is 219 Å². The molecule has 4 heteroatoms. The maximum atomic E-state index is 6.27. The Balaban J connectivity index is 4.60. The van der Waals surface area contributed by atoms with Crippen molar-refractivity contribution in [3.8, 4) is 0 Å². The van der Waals surface area contributed by atoms with Gasteiger partial charge in [-0.05, 0) is 19.3 Å². The Morgan fingerprint density at radius 2 is 0.829 bits per heavy atom. The molecule has 0 aliphatic rings. The molecular weight excluding hydrogens is 436 g/mol. The molecule has 0 aromatic heterocycles. The number of rotatable bonds is 29. The number of unbranched alkanes of at least 4 members (excludes halogenated alkanes) is 18. The molecule has 0 bridgehead atoms. The highest BCUT2D eigenvalue weighted by molar-refractivity contribution is 4.95. The Morgan fingerprint density at radius 1 is 0.429 bits per heavy atom. The van der Waals surface area contributed by atoms with Gasteiger partial charge in [0.15, 0.2) is 12.6 Å². The van der Waals surface area contributed by atoms with E-state index in [2.05, 4.69) is 20.8 Å². The first-order valence-electron chi connectivity index (χ1n) is 15.4. The largest absolute Gasteiger partial charge is 0.491 e. The van der Waals surface area contributed by atoms with E-state index in [9.17, 15) is 0 Å². The maximum Gasteiger partial charge on any atom is 0.321 e. The summed E-state index contributed by atoms with van der Waals surface area (Å²) in [6.45, 7) is 8.45. The molecule has 0 heterocycles. The molecule has 0 aliphatic carbocycles. The van der Waals surface area contributed by atoms with E-state index >= 15 is 0 Å². The monoisotopic (exact) mass is 498 g/mol. The summed E-state index contributed by atoms with van der Waals surface area (Å²) < 4.78 is 23.4. The standard InChI is InChI=1S/C31H62O4/c1-5-8-11-14-17-20-23-26-30(33-27-24-21-18-15-12-9-6-2)31(35-29-32-4)34-28-25-22-19-16-13-10-7-3/h5-29H2,1-4H3. The van der Waals surface area contributed by atoms with Crippen LogP contribution in [0.15, 0.2) is 11.7 Å². The highest BCUT2D eigenvalue weighted by atomic mass is 16.7. The fraction of sp³-hybridized carbons (Fsp3) is 0.935. The van der Waals surface area contributed by atoms with Gasteiger partial charge in [0.05, 0.1) is 13.2 Å². The minimum Gasteiger partial charge on any atom is -0.491 e. The summed E-state index contributed by atoms with van der Waals surface area (Å²) in [5.74, 6) is 1.45. The van der Waals surface area contributed by atoms with Crippen molar-refractivity contribution in [2.45, 2.75) is 162 Å². The van der Waals surface area contributed by atoms with Crippen molar-refractivity contribution < 1.29 is 18.9 Å². The average Bonchev–Trinajstić information content (AvgIpc) is 2.87. The molecule has 35 heavy (non-hydrogen) atoms. The molecule has 0 spiro atoms. The third-order valence-corrected chi connectivity index (χ3v) is 6.55. The van der Waals surface area contributed by atoms with Crippen LogP contribution in [0.3, 0.4) is 0 Å². The van der Waals surface area contributed by atoms with Crippen molar-refractivity contribution in [2.75, 3.05) is 27.1 Å². The van der Waals surface area contributed by atoms with Gasteiger partial charge in [-0.1, -0.05) is 136 Å². The molecule has 0 radical (unpaired) electrons. The van der Waals surface area contributed by atoms with Gasteiger partial charge >= 0.3 is 5.95 Å². The summed E-state index contributed by atoms with van der Waals surface area (Å²) in [5.41, 5.74) is 0. The summed E-state index contributed by atoms with van der Waals surface area (Å²) in [6, 6.07) is 0. The van der Waals surface area contributed by atoms with E-state index in [1.165, 1.54) is 116 Å². The third kappa shape index (κ3) is 24.6. The fourth-order valence-corrected chi connectivity index (χ4v) is 4.27. The summed E-state index contributed by atoms with van der Waals surface area (Å²) in [7, 11) is 1.66. The van der Waals surface area contributed by atoms with Crippen molar-refractivity contribution in [1.29, 1.82) is 0 Å². The molecule has 0 rings (SSSR count). The van der Waals surface area contributed by atoms with Gasteiger partial charge < -0.3 is 18.9 Å². The summed E-state index contributed by atoms with van der Waals surface area (Å²) in [4.78, 5) is 0. The van der Waals surface area contributed by atoms with E-state index in [0.717, 1.165) is 38.0 Å². The Kier molecular flexibility index (Phi) is 28.6. The molecule has 0 aromatic rings. The van der Waals surface area contributed by atoms with Gasteiger partial charge in [0.2, 0.25) is 0 Å². The second-order valence-electron chi connectivity index (χ2n) is 10.1. The van der Waals surface area contributed by atoms with Crippen LogP contribution in [0.2, 0.25) is 0 Å². The van der Waals surface area contributed by atoms with E-state index in [1.807, 2.05) is 0 Å². The van der Waals surface area contributed by atoms with E-state index in [1.54, 1.807) is 7.11 Å². The second-order valence-corrected chi connectivity index (χ2v) is 10.1. The summed E-state index contributed by atoms with van der Waals surface area (Å²) in [6.07, 6.45) is 27.8. The quantitative estimate of drug-likeness (QED) is 0.0583. The van der Waals surface area contributed by atoms with Crippen LogP contribution in [0.1, 0.15) is 162 Å². The van der Waals surface area contributed by atoms with Crippen molar-refractivity contribution in [1.82, 2.24) is 0 Å². The van der Waals surface area contributed by atoms with Gasteiger partial charge in [-0.25, -0.2) is 0 Å². The Bertz CT molecular complexity index is 436. The first-order chi connectivity index (χ1) is 17.3. The van der Waals surface area contributed by atoms with Gasteiger partial charge in [-0.3, -0.25) is 0 Å². The van der Waals surface area contributed by atoms with Crippen LogP contribution in [-0.2, 0) is 18.9 Å². The van der Waals surface area contributed by atoms with Gasteiger partial charge in [0.1, 0.15) is 0 Å². The van der Waals surface area contributed by atoms with Crippen molar-refractivity contribution in [3.63, 3.8) is 0 Å².